The molecule has 1 N–H and O–H groups in total. The van der Waals surface area contributed by atoms with Gasteiger partial charge in [0.2, 0.25) is 0 Å². The first-order chi connectivity index (χ1) is 9.43. The van der Waals surface area contributed by atoms with E-state index in [2.05, 4.69) is 0 Å². The van der Waals surface area contributed by atoms with E-state index in [0.29, 0.717) is 13.2 Å². The van der Waals surface area contributed by atoms with Crippen LogP contribution in [0, 0.1) is 13.8 Å². The number of hydrogen-bond donors (Lipinski definition) is 1. The van der Waals surface area contributed by atoms with Crippen LogP contribution in [0.5, 0.6) is 0 Å². The number of carbonyl (C=O) groups is 2. The standard InChI is InChI=1S/C15H21NO4/c1-4-20-15(19)7-8-16(10-14(17)18)13-6-5-11(2)12(3)9-13/h5-6,9H,4,7-8,10H2,1-3H3,(H,17,18). The number of aryl methyl sites for hydroxylation is 2. The van der Waals surface area contributed by atoms with E-state index in [1.165, 1.54) is 0 Å². The van der Waals surface area contributed by atoms with Gasteiger partial charge in [-0.25, -0.2) is 0 Å². The van der Waals surface area contributed by atoms with Crippen LogP contribution >= 0.6 is 0 Å². The lowest BCUT2D eigenvalue weighted by molar-refractivity contribution is -0.143. The number of carbonyl (C=O) groups excluding carboxylic acids is 1. The summed E-state index contributed by atoms with van der Waals surface area (Å²) in [4.78, 5) is 24.0. The number of esters is 1. The molecular formula is C15H21NO4. The summed E-state index contributed by atoms with van der Waals surface area (Å²) in [5.74, 6) is -1.24. The molecule has 0 aliphatic rings. The number of anilines is 1. The van der Waals surface area contributed by atoms with E-state index in [0.717, 1.165) is 16.8 Å². The summed E-state index contributed by atoms with van der Waals surface area (Å²) in [7, 11) is 0. The van der Waals surface area contributed by atoms with Crippen molar-refractivity contribution in [1.29, 1.82) is 0 Å². The zero-order valence-electron chi connectivity index (χ0n) is 12.2. The number of rotatable bonds is 7. The highest BCUT2D eigenvalue weighted by Crippen LogP contribution is 2.19. The highest BCUT2D eigenvalue weighted by atomic mass is 16.5. The second-order valence-corrected chi connectivity index (χ2v) is 4.64. The van der Waals surface area contributed by atoms with Gasteiger partial charge in [0.15, 0.2) is 0 Å². The minimum atomic E-state index is -0.924. The van der Waals surface area contributed by atoms with Gasteiger partial charge in [0.05, 0.1) is 13.0 Å². The average molecular weight is 279 g/mol. The summed E-state index contributed by atoms with van der Waals surface area (Å²) in [5.41, 5.74) is 3.04. The number of aliphatic carboxylic acids is 1. The monoisotopic (exact) mass is 279 g/mol. The van der Waals surface area contributed by atoms with Crippen LogP contribution in [0.1, 0.15) is 24.5 Å². The molecule has 0 atom stereocenters. The number of carboxylic acid groups (broad SMARTS) is 1. The highest BCUT2D eigenvalue weighted by Gasteiger charge is 2.13. The average Bonchev–Trinajstić information content (AvgIpc) is 2.38. The zero-order valence-corrected chi connectivity index (χ0v) is 12.2. The molecule has 0 amide bonds. The molecule has 1 rings (SSSR count). The molecule has 0 saturated carbocycles. The smallest absolute Gasteiger partial charge is 0.323 e. The molecule has 20 heavy (non-hydrogen) atoms. The van der Waals surface area contributed by atoms with Crippen LogP contribution in [-0.4, -0.2) is 36.7 Å². The van der Waals surface area contributed by atoms with Crippen LogP contribution in [0.2, 0.25) is 0 Å². The molecule has 5 nitrogen and oxygen atoms in total. The summed E-state index contributed by atoms with van der Waals surface area (Å²) in [6.45, 7) is 6.25. The maximum atomic E-state index is 11.4. The Hall–Kier alpha value is -2.04. The van der Waals surface area contributed by atoms with E-state index in [1.54, 1.807) is 11.8 Å². The van der Waals surface area contributed by atoms with Gasteiger partial charge in [0, 0.05) is 12.2 Å². The van der Waals surface area contributed by atoms with Crippen LogP contribution < -0.4 is 4.90 Å². The fourth-order valence-electron chi connectivity index (χ4n) is 1.84. The molecule has 0 radical (unpaired) electrons. The minimum Gasteiger partial charge on any atom is -0.480 e. The molecule has 0 fully saturated rings. The number of carboxylic acids is 1. The Morgan fingerprint density at radius 1 is 1.25 bits per heavy atom. The Bertz CT molecular complexity index is 485. The van der Waals surface area contributed by atoms with Crippen molar-refractivity contribution in [2.45, 2.75) is 27.2 Å². The summed E-state index contributed by atoms with van der Waals surface area (Å²) in [6.07, 6.45) is 0.175. The maximum Gasteiger partial charge on any atom is 0.323 e. The fraction of sp³-hybridized carbons (Fsp3) is 0.467. The lowest BCUT2D eigenvalue weighted by Crippen LogP contribution is -2.32. The van der Waals surface area contributed by atoms with Gasteiger partial charge in [-0.15, -0.1) is 0 Å². The Morgan fingerprint density at radius 2 is 1.95 bits per heavy atom. The van der Waals surface area contributed by atoms with Gasteiger partial charge >= 0.3 is 11.9 Å². The second kappa shape index (κ2) is 7.53. The number of hydrogen-bond acceptors (Lipinski definition) is 4. The molecular weight excluding hydrogens is 258 g/mol. The van der Waals surface area contributed by atoms with E-state index in [1.807, 2.05) is 32.0 Å². The number of ether oxygens (including phenoxy) is 1. The van der Waals surface area contributed by atoms with Crippen molar-refractivity contribution in [3.63, 3.8) is 0 Å². The lowest BCUT2D eigenvalue weighted by Gasteiger charge is -2.23. The Labute approximate surface area is 119 Å². The molecule has 0 heterocycles. The van der Waals surface area contributed by atoms with Crippen molar-refractivity contribution in [3.05, 3.63) is 29.3 Å². The molecule has 0 unspecified atom stereocenters. The predicted molar refractivity (Wildman–Crippen MR) is 77.0 cm³/mol. The van der Waals surface area contributed by atoms with Gasteiger partial charge in [-0.1, -0.05) is 6.07 Å². The van der Waals surface area contributed by atoms with Crippen molar-refractivity contribution in [1.82, 2.24) is 0 Å². The van der Waals surface area contributed by atoms with Crippen molar-refractivity contribution in [2.75, 3.05) is 24.6 Å². The fourth-order valence-corrected chi connectivity index (χ4v) is 1.84. The van der Waals surface area contributed by atoms with Gasteiger partial charge in [-0.2, -0.15) is 0 Å². The first-order valence-corrected chi connectivity index (χ1v) is 6.63. The predicted octanol–water partition coefficient (Wildman–Crippen LogP) is 2.15. The lowest BCUT2D eigenvalue weighted by atomic mass is 10.1. The highest BCUT2D eigenvalue weighted by molar-refractivity contribution is 5.75. The molecule has 5 heteroatoms. The molecule has 1 aromatic rings. The van der Waals surface area contributed by atoms with Crippen LogP contribution in [-0.2, 0) is 14.3 Å². The van der Waals surface area contributed by atoms with Crippen LogP contribution in [0.3, 0.4) is 0 Å². The third-order valence-corrected chi connectivity index (χ3v) is 3.07. The van der Waals surface area contributed by atoms with Gasteiger partial charge in [0.1, 0.15) is 6.54 Å². The molecule has 1 aromatic carbocycles. The molecule has 0 aromatic heterocycles. The molecule has 0 aliphatic carbocycles. The SMILES string of the molecule is CCOC(=O)CCN(CC(=O)O)c1ccc(C)c(C)c1. The normalized spacial score (nSPS) is 10.2. The zero-order chi connectivity index (χ0) is 15.1. The largest absolute Gasteiger partial charge is 0.480 e. The first-order valence-electron chi connectivity index (χ1n) is 6.63. The summed E-state index contributed by atoms with van der Waals surface area (Å²) < 4.78 is 4.86. The summed E-state index contributed by atoms with van der Waals surface area (Å²) in [6, 6.07) is 5.75. The number of nitrogens with zero attached hydrogens (tertiary/aromatic N) is 1. The first kappa shape index (κ1) is 16.0. The Kier molecular flexibility index (Phi) is 6.03. The topological polar surface area (TPSA) is 66.8 Å². The maximum absolute atomic E-state index is 11.4. The van der Waals surface area contributed by atoms with E-state index in [9.17, 15) is 9.59 Å². The number of benzene rings is 1. The van der Waals surface area contributed by atoms with Crippen LogP contribution in [0.4, 0.5) is 5.69 Å². The van der Waals surface area contributed by atoms with Gasteiger partial charge in [-0.3, -0.25) is 9.59 Å². The molecule has 0 aliphatic heterocycles. The quantitative estimate of drug-likeness (QED) is 0.775. The molecule has 0 spiro atoms. The van der Waals surface area contributed by atoms with Crippen molar-refractivity contribution >= 4 is 17.6 Å². The van der Waals surface area contributed by atoms with Gasteiger partial charge in [-0.05, 0) is 44.0 Å². The van der Waals surface area contributed by atoms with Gasteiger partial charge < -0.3 is 14.7 Å². The second-order valence-electron chi connectivity index (χ2n) is 4.64. The Morgan fingerprint density at radius 3 is 2.50 bits per heavy atom. The van der Waals surface area contributed by atoms with Crippen molar-refractivity contribution < 1.29 is 19.4 Å². The molecule has 110 valence electrons. The minimum absolute atomic E-state index is 0.137. The van der Waals surface area contributed by atoms with Crippen molar-refractivity contribution in [2.24, 2.45) is 0 Å². The van der Waals surface area contributed by atoms with E-state index >= 15 is 0 Å². The third-order valence-electron chi connectivity index (χ3n) is 3.07. The van der Waals surface area contributed by atoms with E-state index < -0.39 is 5.97 Å². The molecule has 0 bridgehead atoms. The molecule has 0 saturated heterocycles. The summed E-state index contributed by atoms with van der Waals surface area (Å²) in [5, 5.41) is 8.98. The van der Waals surface area contributed by atoms with Gasteiger partial charge in [0.25, 0.3) is 0 Å². The van der Waals surface area contributed by atoms with E-state index in [4.69, 9.17) is 9.84 Å². The van der Waals surface area contributed by atoms with Crippen LogP contribution in [0.25, 0.3) is 0 Å². The van der Waals surface area contributed by atoms with E-state index in [-0.39, 0.29) is 18.9 Å². The summed E-state index contributed by atoms with van der Waals surface area (Å²) >= 11 is 0. The van der Waals surface area contributed by atoms with Crippen LogP contribution in [0.15, 0.2) is 18.2 Å². The Balaban J connectivity index is 2.80. The van der Waals surface area contributed by atoms with Crippen molar-refractivity contribution in [3.8, 4) is 0 Å². The third kappa shape index (κ3) is 4.91.